The molecule has 0 aliphatic rings. The molecule has 0 aromatic carbocycles. The van der Waals surface area contributed by atoms with Crippen molar-refractivity contribution in [2.24, 2.45) is 0 Å². The first-order valence-corrected chi connectivity index (χ1v) is 4.95. The molecule has 0 aromatic rings. The molecule has 0 aliphatic heterocycles. The lowest BCUT2D eigenvalue weighted by Gasteiger charge is -1.93. The third kappa shape index (κ3) is 106. The Morgan fingerprint density at radius 2 is 1.25 bits per heavy atom. The lowest BCUT2D eigenvalue weighted by Crippen LogP contribution is -1.75. The van der Waals surface area contributed by atoms with Gasteiger partial charge in [0.2, 0.25) is 0 Å². The molecule has 1 nitrogen and oxygen atoms in total. The molecule has 0 aromatic heterocycles. The SMILES string of the molecule is BrC(Br)(Br)Br.CCO. The van der Waals surface area contributed by atoms with Crippen LogP contribution in [0, 0.1) is 0 Å². The zero-order valence-electron chi connectivity index (χ0n) is 4.17. The van der Waals surface area contributed by atoms with Crippen molar-refractivity contribution in [2.45, 2.75) is 7.98 Å². The Morgan fingerprint density at radius 1 is 1.25 bits per heavy atom. The second-order valence-electron chi connectivity index (χ2n) is 0.745. The highest BCUT2D eigenvalue weighted by molar-refractivity contribution is 9.52. The minimum Gasteiger partial charge on any atom is -0.397 e. The van der Waals surface area contributed by atoms with Gasteiger partial charge >= 0.3 is 0 Å². The van der Waals surface area contributed by atoms with Gasteiger partial charge in [-0.25, -0.2) is 0 Å². The molecule has 5 heteroatoms. The van der Waals surface area contributed by atoms with Gasteiger partial charge in [-0.05, 0) is 70.6 Å². The maximum Gasteiger partial charge on any atom is 0.189 e. The highest BCUT2D eigenvalue weighted by atomic mass is 80.0. The molecule has 0 amide bonds. The van der Waals surface area contributed by atoms with Gasteiger partial charge in [0.15, 0.2) is 1.05 Å². The average Bonchev–Trinajstić information content (AvgIpc) is 1.27. The van der Waals surface area contributed by atoms with Crippen LogP contribution in [0.2, 0.25) is 0 Å². The number of alkyl halides is 4. The van der Waals surface area contributed by atoms with E-state index in [2.05, 4.69) is 63.7 Å². The lowest BCUT2D eigenvalue weighted by molar-refractivity contribution is 0.318. The van der Waals surface area contributed by atoms with Crippen LogP contribution in [0.5, 0.6) is 0 Å². The van der Waals surface area contributed by atoms with Gasteiger partial charge < -0.3 is 5.11 Å². The van der Waals surface area contributed by atoms with E-state index in [4.69, 9.17) is 5.11 Å². The van der Waals surface area contributed by atoms with E-state index < -0.39 is 0 Å². The van der Waals surface area contributed by atoms with Crippen LogP contribution in [0.1, 0.15) is 6.92 Å². The number of hydrogen-bond acceptors (Lipinski definition) is 1. The van der Waals surface area contributed by atoms with Gasteiger partial charge in [0.25, 0.3) is 0 Å². The molecule has 52 valence electrons. The summed E-state index contributed by atoms with van der Waals surface area (Å²) in [6, 6.07) is 0. The van der Waals surface area contributed by atoms with E-state index in [1.54, 1.807) is 6.92 Å². The fraction of sp³-hybridized carbons (Fsp3) is 1.00. The third-order valence-corrected chi connectivity index (χ3v) is 0. The second kappa shape index (κ2) is 6.99. The molecule has 0 aliphatic carbocycles. The third-order valence-electron chi connectivity index (χ3n) is 0. The van der Waals surface area contributed by atoms with Crippen molar-refractivity contribution in [2.75, 3.05) is 6.61 Å². The summed E-state index contributed by atoms with van der Waals surface area (Å²) >= 11 is 12.5. The molecular weight excluding hydrogens is 372 g/mol. The van der Waals surface area contributed by atoms with E-state index in [9.17, 15) is 0 Å². The topological polar surface area (TPSA) is 20.2 Å². The van der Waals surface area contributed by atoms with Gasteiger partial charge in [-0.2, -0.15) is 0 Å². The molecule has 0 radical (unpaired) electrons. The Kier molecular flexibility index (Phi) is 11.0. The number of hydrogen-bond donors (Lipinski definition) is 1. The van der Waals surface area contributed by atoms with Gasteiger partial charge in [-0.1, -0.05) is 0 Å². The average molecular weight is 378 g/mol. The fourth-order valence-corrected chi connectivity index (χ4v) is 0. The smallest absolute Gasteiger partial charge is 0.189 e. The Hall–Kier alpha value is 1.88. The Morgan fingerprint density at radius 3 is 1.25 bits per heavy atom. The van der Waals surface area contributed by atoms with Gasteiger partial charge in [-0.3, -0.25) is 0 Å². The summed E-state index contributed by atoms with van der Waals surface area (Å²) in [5, 5.41) is 7.57. The zero-order valence-corrected chi connectivity index (χ0v) is 10.5. The Balaban J connectivity index is 0. The van der Waals surface area contributed by atoms with Crippen LogP contribution < -0.4 is 0 Å². The number of halogens is 4. The van der Waals surface area contributed by atoms with E-state index in [0.717, 1.165) is 0 Å². The summed E-state index contributed by atoms with van der Waals surface area (Å²) in [5.74, 6) is 0. The van der Waals surface area contributed by atoms with Gasteiger partial charge in [0.05, 0.1) is 0 Å². The highest BCUT2D eigenvalue weighted by Crippen LogP contribution is 2.39. The van der Waals surface area contributed by atoms with Crippen LogP contribution >= 0.6 is 63.7 Å². The standard InChI is InChI=1S/C2H6O.CBr4/c1-2-3;2-1(3,4)5/h3H,2H2,1H3;. The summed E-state index contributed by atoms with van der Waals surface area (Å²) in [7, 11) is 0. The molecule has 0 saturated carbocycles. The largest absolute Gasteiger partial charge is 0.397 e. The van der Waals surface area contributed by atoms with E-state index in [1.807, 2.05) is 0 Å². The van der Waals surface area contributed by atoms with Crippen molar-refractivity contribution in [3.05, 3.63) is 0 Å². The highest BCUT2D eigenvalue weighted by Gasteiger charge is 2.08. The van der Waals surface area contributed by atoms with Gasteiger partial charge in [-0.15, -0.1) is 0 Å². The minimum atomic E-state index is -0.250. The molecule has 1 N–H and O–H groups in total. The number of aliphatic hydroxyl groups is 1. The van der Waals surface area contributed by atoms with E-state index in [1.165, 1.54) is 0 Å². The van der Waals surface area contributed by atoms with Crippen molar-refractivity contribution >= 4 is 63.7 Å². The van der Waals surface area contributed by atoms with Crippen LogP contribution in [0.4, 0.5) is 0 Å². The molecule has 0 heterocycles. The summed E-state index contributed by atoms with van der Waals surface area (Å²) in [4.78, 5) is 0. The maximum absolute atomic E-state index is 7.57. The first-order chi connectivity index (χ1) is 3.41. The van der Waals surface area contributed by atoms with Crippen LogP contribution in [0.15, 0.2) is 0 Å². The normalized spacial score (nSPS) is 9.75. The monoisotopic (exact) mass is 374 g/mol. The molecule has 0 unspecified atom stereocenters. The molecular formula is C3H6Br4O. The Bertz CT molecular complexity index is 35.0. The summed E-state index contributed by atoms with van der Waals surface area (Å²) in [5.41, 5.74) is 0. The van der Waals surface area contributed by atoms with Crippen LogP contribution in [0.3, 0.4) is 0 Å². The fourth-order valence-electron chi connectivity index (χ4n) is 0. The van der Waals surface area contributed by atoms with Crippen molar-refractivity contribution in [1.29, 1.82) is 0 Å². The molecule has 0 rings (SSSR count). The predicted molar refractivity (Wildman–Crippen MR) is 51.2 cm³/mol. The van der Waals surface area contributed by atoms with Crippen molar-refractivity contribution in [1.82, 2.24) is 0 Å². The van der Waals surface area contributed by atoms with Crippen molar-refractivity contribution < 1.29 is 5.11 Å². The quantitative estimate of drug-likeness (QED) is 0.643. The Labute approximate surface area is 82.7 Å². The maximum atomic E-state index is 7.57. The van der Waals surface area contributed by atoms with Crippen molar-refractivity contribution in [3.8, 4) is 0 Å². The summed E-state index contributed by atoms with van der Waals surface area (Å²) < 4.78 is -0.250. The zero-order chi connectivity index (χ0) is 7.21. The summed E-state index contributed by atoms with van der Waals surface area (Å²) in [6.07, 6.45) is 0. The van der Waals surface area contributed by atoms with E-state index >= 15 is 0 Å². The van der Waals surface area contributed by atoms with Gasteiger partial charge in [0, 0.05) is 6.61 Å². The number of rotatable bonds is 0. The second-order valence-corrected chi connectivity index (χ2v) is 11.9. The molecule has 0 fully saturated rings. The number of aliphatic hydroxyl groups excluding tert-OH is 1. The predicted octanol–water partition coefficient (Wildman–Crippen LogP) is 3.18. The molecule has 0 spiro atoms. The van der Waals surface area contributed by atoms with Crippen LogP contribution in [-0.2, 0) is 0 Å². The van der Waals surface area contributed by atoms with Crippen LogP contribution in [-0.4, -0.2) is 12.8 Å². The van der Waals surface area contributed by atoms with Gasteiger partial charge in [0.1, 0.15) is 0 Å². The van der Waals surface area contributed by atoms with E-state index in [0.29, 0.717) is 0 Å². The first kappa shape index (κ1) is 12.5. The van der Waals surface area contributed by atoms with E-state index in [-0.39, 0.29) is 7.66 Å². The molecule has 8 heavy (non-hydrogen) atoms. The molecule has 0 saturated heterocycles. The summed E-state index contributed by atoms with van der Waals surface area (Å²) in [6.45, 7) is 1.93. The molecule has 0 bridgehead atoms. The van der Waals surface area contributed by atoms with Crippen molar-refractivity contribution in [3.63, 3.8) is 0 Å². The lowest BCUT2D eigenvalue weighted by atomic mass is 10.9. The molecule has 0 atom stereocenters. The minimum absolute atomic E-state index is 0.250. The van der Waals surface area contributed by atoms with Crippen LogP contribution in [0.25, 0.3) is 0 Å². The first-order valence-electron chi connectivity index (χ1n) is 1.78.